The molecule has 0 aliphatic heterocycles. The Morgan fingerprint density at radius 2 is 2.21 bits per heavy atom. The Kier molecular flexibility index (Phi) is 4.99. The lowest BCUT2D eigenvalue weighted by Gasteiger charge is -2.08. The first kappa shape index (κ1) is 14.1. The van der Waals surface area contributed by atoms with Gasteiger partial charge in [0.1, 0.15) is 11.6 Å². The second-order valence-electron chi connectivity index (χ2n) is 3.85. The average molecular weight is 343 g/mol. The molecule has 100 valence electrons. The van der Waals surface area contributed by atoms with Gasteiger partial charge in [-0.3, -0.25) is 4.98 Å². The van der Waals surface area contributed by atoms with Gasteiger partial charge < -0.3 is 10.1 Å². The van der Waals surface area contributed by atoms with Crippen molar-refractivity contribution in [2.24, 2.45) is 0 Å². The van der Waals surface area contributed by atoms with Crippen molar-refractivity contribution in [3.8, 4) is 11.6 Å². The number of hydrogen-bond donors (Lipinski definition) is 1. The fourth-order valence-electron chi connectivity index (χ4n) is 1.41. The number of halogens is 2. The number of hydrogen-bond acceptors (Lipinski definition) is 4. The SMILES string of the molecule is CCCNc1cncc(Oc2ccc(Br)cc2Cl)n1. The largest absolute Gasteiger partial charge is 0.436 e. The van der Waals surface area contributed by atoms with Crippen LogP contribution in [0.5, 0.6) is 11.6 Å². The minimum absolute atomic E-state index is 0.408. The monoisotopic (exact) mass is 341 g/mol. The highest BCUT2D eigenvalue weighted by molar-refractivity contribution is 9.10. The van der Waals surface area contributed by atoms with Crippen LogP contribution in [-0.4, -0.2) is 16.5 Å². The zero-order valence-electron chi connectivity index (χ0n) is 10.4. The van der Waals surface area contributed by atoms with Crippen molar-refractivity contribution in [3.63, 3.8) is 0 Å². The average Bonchev–Trinajstić information content (AvgIpc) is 2.40. The first-order valence-electron chi connectivity index (χ1n) is 5.88. The molecule has 0 amide bonds. The number of anilines is 1. The van der Waals surface area contributed by atoms with Gasteiger partial charge in [0.25, 0.3) is 0 Å². The fraction of sp³-hybridized carbons (Fsp3) is 0.231. The summed E-state index contributed by atoms with van der Waals surface area (Å²) in [6, 6.07) is 5.40. The maximum absolute atomic E-state index is 6.08. The molecule has 0 fully saturated rings. The summed E-state index contributed by atoms with van der Waals surface area (Å²) < 4.78 is 6.52. The molecule has 1 aromatic heterocycles. The van der Waals surface area contributed by atoms with E-state index >= 15 is 0 Å². The fourth-order valence-corrected chi connectivity index (χ4v) is 2.12. The van der Waals surface area contributed by atoms with Crippen molar-refractivity contribution in [3.05, 3.63) is 40.1 Å². The van der Waals surface area contributed by atoms with Crippen LogP contribution in [0.1, 0.15) is 13.3 Å². The molecule has 0 unspecified atom stereocenters. The summed E-state index contributed by atoms with van der Waals surface area (Å²) in [5.41, 5.74) is 0. The molecule has 1 heterocycles. The van der Waals surface area contributed by atoms with E-state index in [9.17, 15) is 0 Å². The molecular weight excluding hydrogens is 330 g/mol. The Labute approximate surface area is 125 Å². The molecule has 0 bridgehead atoms. The van der Waals surface area contributed by atoms with Crippen molar-refractivity contribution in [1.29, 1.82) is 0 Å². The topological polar surface area (TPSA) is 47.0 Å². The Morgan fingerprint density at radius 1 is 1.37 bits per heavy atom. The molecule has 0 saturated heterocycles. The molecule has 0 atom stereocenters. The Hall–Kier alpha value is -1.33. The summed E-state index contributed by atoms with van der Waals surface area (Å²) in [5, 5.41) is 3.67. The third-order valence-corrected chi connectivity index (χ3v) is 3.07. The predicted octanol–water partition coefficient (Wildman–Crippen LogP) is 4.51. The molecule has 1 aromatic carbocycles. The van der Waals surface area contributed by atoms with Crippen molar-refractivity contribution >= 4 is 33.3 Å². The van der Waals surface area contributed by atoms with Crippen molar-refractivity contribution < 1.29 is 4.74 Å². The van der Waals surface area contributed by atoms with Gasteiger partial charge in [0.2, 0.25) is 5.88 Å². The normalized spacial score (nSPS) is 10.3. The summed E-state index contributed by atoms with van der Waals surface area (Å²) >= 11 is 9.43. The third-order valence-electron chi connectivity index (χ3n) is 2.28. The molecule has 19 heavy (non-hydrogen) atoms. The van der Waals surface area contributed by atoms with E-state index in [1.807, 2.05) is 6.07 Å². The van der Waals surface area contributed by atoms with Crippen LogP contribution in [0.4, 0.5) is 5.82 Å². The van der Waals surface area contributed by atoms with Gasteiger partial charge in [-0.2, -0.15) is 4.98 Å². The predicted molar refractivity (Wildman–Crippen MR) is 80.0 cm³/mol. The number of benzene rings is 1. The van der Waals surface area contributed by atoms with Gasteiger partial charge in [0.15, 0.2) is 0 Å². The standard InChI is InChI=1S/C13H13BrClN3O/c1-2-5-17-12-7-16-8-13(18-12)19-11-4-3-9(14)6-10(11)15/h3-4,6-8H,2,5H2,1H3,(H,17,18). The maximum Gasteiger partial charge on any atom is 0.239 e. The van der Waals surface area contributed by atoms with Gasteiger partial charge in [-0.05, 0) is 24.6 Å². The molecule has 2 rings (SSSR count). The van der Waals surface area contributed by atoms with E-state index in [0.29, 0.717) is 22.5 Å². The summed E-state index contributed by atoms with van der Waals surface area (Å²) in [7, 11) is 0. The third kappa shape index (κ3) is 4.08. The summed E-state index contributed by atoms with van der Waals surface area (Å²) in [5.74, 6) is 1.64. The molecular formula is C13H13BrClN3O. The number of nitrogens with one attached hydrogen (secondary N) is 1. The van der Waals surface area contributed by atoms with Crippen LogP contribution in [0.15, 0.2) is 35.1 Å². The van der Waals surface area contributed by atoms with Crippen LogP contribution in [-0.2, 0) is 0 Å². The van der Waals surface area contributed by atoms with E-state index in [0.717, 1.165) is 17.4 Å². The van der Waals surface area contributed by atoms with Crippen molar-refractivity contribution in [1.82, 2.24) is 9.97 Å². The number of aromatic nitrogens is 2. The van der Waals surface area contributed by atoms with E-state index in [1.54, 1.807) is 24.5 Å². The summed E-state index contributed by atoms with van der Waals surface area (Å²) in [6.45, 7) is 2.93. The van der Waals surface area contributed by atoms with Crippen LogP contribution >= 0.6 is 27.5 Å². The number of ether oxygens (including phenoxy) is 1. The minimum atomic E-state index is 0.408. The molecule has 2 aromatic rings. The van der Waals surface area contributed by atoms with Crippen LogP contribution in [0, 0.1) is 0 Å². The molecule has 0 aliphatic rings. The van der Waals surface area contributed by atoms with Crippen molar-refractivity contribution in [2.75, 3.05) is 11.9 Å². The van der Waals surface area contributed by atoms with Crippen LogP contribution in [0.2, 0.25) is 5.02 Å². The van der Waals surface area contributed by atoms with Crippen LogP contribution in [0.3, 0.4) is 0 Å². The smallest absolute Gasteiger partial charge is 0.239 e. The quantitative estimate of drug-likeness (QED) is 0.868. The number of rotatable bonds is 5. The van der Waals surface area contributed by atoms with Gasteiger partial charge >= 0.3 is 0 Å². The first-order chi connectivity index (χ1) is 9.19. The molecule has 0 radical (unpaired) electrons. The van der Waals surface area contributed by atoms with Crippen molar-refractivity contribution in [2.45, 2.75) is 13.3 Å². The van der Waals surface area contributed by atoms with E-state index in [2.05, 4.69) is 38.1 Å². The molecule has 1 N–H and O–H groups in total. The van der Waals surface area contributed by atoms with Crippen LogP contribution in [0.25, 0.3) is 0 Å². The lowest BCUT2D eigenvalue weighted by molar-refractivity contribution is 0.461. The van der Waals surface area contributed by atoms with E-state index in [1.165, 1.54) is 0 Å². The van der Waals surface area contributed by atoms with Gasteiger partial charge in [0.05, 0.1) is 17.4 Å². The Morgan fingerprint density at radius 3 is 2.95 bits per heavy atom. The molecule has 0 aliphatic carbocycles. The first-order valence-corrected chi connectivity index (χ1v) is 7.05. The Balaban J connectivity index is 2.14. The highest BCUT2D eigenvalue weighted by Gasteiger charge is 2.06. The highest BCUT2D eigenvalue weighted by atomic mass is 79.9. The van der Waals surface area contributed by atoms with E-state index < -0.39 is 0 Å². The van der Waals surface area contributed by atoms with Gasteiger partial charge in [-0.15, -0.1) is 0 Å². The van der Waals surface area contributed by atoms with Gasteiger partial charge in [0, 0.05) is 11.0 Å². The molecule has 6 heteroatoms. The maximum atomic E-state index is 6.08. The Bertz CT molecular complexity index is 565. The lowest BCUT2D eigenvalue weighted by atomic mass is 10.3. The zero-order valence-corrected chi connectivity index (χ0v) is 12.7. The minimum Gasteiger partial charge on any atom is -0.436 e. The summed E-state index contributed by atoms with van der Waals surface area (Å²) in [4.78, 5) is 8.38. The second kappa shape index (κ2) is 6.73. The highest BCUT2D eigenvalue weighted by Crippen LogP contribution is 2.30. The second-order valence-corrected chi connectivity index (χ2v) is 5.17. The molecule has 0 saturated carbocycles. The van der Waals surface area contributed by atoms with E-state index in [-0.39, 0.29) is 0 Å². The molecule has 0 spiro atoms. The van der Waals surface area contributed by atoms with Gasteiger partial charge in [-0.25, -0.2) is 0 Å². The zero-order chi connectivity index (χ0) is 13.7. The van der Waals surface area contributed by atoms with E-state index in [4.69, 9.17) is 16.3 Å². The van der Waals surface area contributed by atoms with Gasteiger partial charge in [-0.1, -0.05) is 34.5 Å². The summed E-state index contributed by atoms with van der Waals surface area (Å²) in [6.07, 6.45) is 4.23. The van der Waals surface area contributed by atoms with Crippen LogP contribution < -0.4 is 10.1 Å². The number of nitrogens with zero attached hydrogens (tertiary/aromatic N) is 2. The lowest BCUT2D eigenvalue weighted by Crippen LogP contribution is -2.03. The molecule has 4 nitrogen and oxygen atoms in total.